The smallest absolute Gasteiger partial charge is 0.394 e. The first-order valence-corrected chi connectivity index (χ1v) is 11.1. The zero-order valence-electron chi connectivity index (χ0n) is 18.4. The Labute approximate surface area is 195 Å². The zero-order chi connectivity index (χ0) is 28.0. The lowest BCUT2D eigenvalue weighted by Gasteiger charge is -2.35. The molecule has 0 rings (SSSR count). The highest BCUT2D eigenvalue weighted by atomic mass is 32.2. The summed E-state index contributed by atoms with van der Waals surface area (Å²) in [4.78, 5) is 0. The van der Waals surface area contributed by atoms with Crippen LogP contribution < -0.4 is 0 Å². The van der Waals surface area contributed by atoms with Crippen molar-refractivity contribution >= 4 is 10.0 Å². The van der Waals surface area contributed by atoms with Crippen molar-refractivity contribution in [3.8, 4) is 0 Å². The second-order valence-electron chi connectivity index (χ2n) is 6.16. The molecule has 0 aliphatic rings. The molecular weight excluding hydrogens is 537 g/mol. The molecule has 0 amide bonds. The number of sulfonamides is 1. The average Bonchev–Trinajstić information content (AvgIpc) is 2.76. The molecule has 0 saturated carbocycles. The van der Waals surface area contributed by atoms with Crippen molar-refractivity contribution in [1.29, 1.82) is 0 Å². The van der Waals surface area contributed by atoms with E-state index in [1.54, 1.807) is 0 Å². The van der Waals surface area contributed by atoms with Crippen molar-refractivity contribution in [2.45, 2.75) is 30.2 Å². The number of nitrogens with zero attached hydrogens (tertiary/aromatic N) is 1. The second kappa shape index (κ2) is 16.0. The third kappa shape index (κ3) is 10.1. The molecule has 0 bridgehead atoms. The number of halogens is 9. The van der Waals surface area contributed by atoms with Gasteiger partial charge in [0, 0.05) is 19.7 Å². The molecule has 0 aromatic rings. The molecule has 3 N–H and O–H groups in total. The molecule has 0 saturated heterocycles. The quantitative estimate of drug-likeness (QED) is 0.177. The summed E-state index contributed by atoms with van der Waals surface area (Å²) in [6.45, 7) is -3.19. The fraction of sp³-hybridized carbons (Fsp3) is 1.00. The van der Waals surface area contributed by atoms with Crippen LogP contribution in [0.5, 0.6) is 0 Å². The Bertz CT molecular complexity index is 664. The summed E-state index contributed by atoms with van der Waals surface area (Å²) in [5.74, 6) is -14.7. The third-order valence-corrected chi connectivity index (χ3v) is 5.61. The van der Waals surface area contributed by atoms with Crippen LogP contribution in [0.3, 0.4) is 0 Å². The van der Waals surface area contributed by atoms with Crippen molar-refractivity contribution in [3.63, 3.8) is 0 Å². The van der Waals surface area contributed by atoms with Gasteiger partial charge in [-0.2, -0.15) is 43.8 Å². The van der Waals surface area contributed by atoms with Gasteiger partial charge in [0.25, 0.3) is 10.0 Å². The predicted molar refractivity (Wildman–Crippen MR) is 101 cm³/mol. The van der Waals surface area contributed by atoms with Crippen LogP contribution in [-0.4, -0.2) is 124 Å². The third-order valence-electron chi connectivity index (χ3n) is 3.66. The molecule has 214 valence electrons. The Morgan fingerprint density at radius 1 is 0.657 bits per heavy atom. The molecule has 19 heteroatoms. The fourth-order valence-electron chi connectivity index (χ4n) is 1.90. The van der Waals surface area contributed by atoms with Crippen molar-refractivity contribution in [2.24, 2.45) is 0 Å². The number of aliphatic hydroxyl groups is 3. The highest BCUT2D eigenvalue weighted by Gasteiger charge is 2.85. The van der Waals surface area contributed by atoms with Crippen LogP contribution in [0.1, 0.15) is 6.92 Å². The van der Waals surface area contributed by atoms with E-state index in [9.17, 15) is 47.9 Å². The molecule has 0 aromatic carbocycles. The van der Waals surface area contributed by atoms with Gasteiger partial charge in [-0.25, -0.2) is 8.42 Å². The molecule has 0 spiro atoms. The van der Waals surface area contributed by atoms with Crippen LogP contribution in [0, 0.1) is 0 Å². The second-order valence-corrected chi connectivity index (χ2v) is 8.14. The topological polar surface area (TPSA) is 126 Å². The number of hydrogen-bond acceptors (Lipinski definition) is 8. The highest BCUT2D eigenvalue weighted by molar-refractivity contribution is 7.90. The van der Waals surface area contributed by atoms with Gasteiger partial charge in [-0.3, -0.25) is 0 Å². The lowest BCUT2D eigenvalue weighted by Crippen LogP contribution is -2.65. The van der Waals surface area contributed by atoms with E-state index in [2.05, 4.69) is 0 Å². The van der Waals surface area contributed by atoms with Gasteiger partial charge in [0.05, 0.1) is 52.9 Å². The summed E-state index contributed by atoms with van der Waals surface area (Å²) in [5.41, 5.74) is 0. The lowest BCUT2D eigenvalue weighted by molar-refractivity contribution is -0.382. The summed E-state index contributed by atoms with van der Waals surface area (Å²) >= 11 is 0. The van der Waals surface area contributed by atoms with Crippen LogP contribution in [0.4, 0.5) is 39.5 Å². The molecule has 0 radical (unpaired) electrons. The maximum atomic E-state index is 14.0. The van der Waals surface area contributed by atoms with E-state index in [0.717, 1.165) is 0 Å². The Hall–Kier alpha value is -0.960. The van der Waals surface area contributed by atoms with E-state index < -0.39 is 63.9 Å². The van der Waals surface area contributed by atoms with E-state index in [4.69, 9.17) is 29.5 Å². The zero-order valence-corrected chi connectivity index (χ0v) is 19.2. The number of rotatable bonds is 17. The summed E-state index contributed by atoms with van der Waals surface area (Å²) < 4.78 is 156. The van der Waals surface area contributed by atoms with E-state index in [-0.39, 0.29) is 46.2 Å². The Balaban J connectivity index is 0. The molecule has 9 nitrogen and oxygen atoms in total. The summed E-state index contributed by atoms with van der Waals surface area (Å²) in [6, 6.07) is 0. The fourth-order valence-corrected chi connectivity index (χ4v) is 3.31. The molecule has 0 atom stereocenters. The number of aliphatic hydroxyl groups excluding tert-OH is 3. The Morgan fingerprint density at radius 2 is 1.09 bits per heavy atom. The van der Waals surface area contributed by atoms with E-state index in [1.807, 2.05) is 0 Å². The van der Waals surface area contributed by atoms with Crippen molar-refractivity contribution in [3.05, 3.63) is 0 Å². The minimum Gasteiger partial charge on any atom is -0.394 e. The maximum absolute atomic E-state index is 14.0. The summed E-state index contributed by atoms with van der Waals surface area (Å²) in [5, 5.41) is 16.9. The average molecular weight is 565 g/mol. The first-order chi connectivity index (χ1) is 15.9. The molecule has 0 aliphatic heterocycles. The minimum absolute atomic E-state index is 0.0642. The number of alkyl halides is 9. The largest absolute Gasteiger partial charge is 0.460 e. The van der Waals surface area contributed by atoms with Crippen LogP contribution in [0.15, 0.2) is 0 Å². The molecule has 0 heterocycles. The Kier molecular flexibility index (Phi) is 16.5. The standard InChI is InChI=1S/C14H22F9NO6S.C2H6O2/c1-2-28-6-3-24(4-7-29-9-10-30-8-5-25)31(26,27)14(22,23)12(17,18)11(15,16)13(19,20)21;3-1-2-4/h25H,2-10H2,1H3;3-4H,1-2H2. The molecule has 0 aromatic heterocycles. The van der Waals surface area contributed by atoms with E-state index in [1.165, 1.54) is 6.92 Å². The highest BCUT2D eigenvalue weighted by Crippen LogP contribution is 2.55. The Morgan fingerprint density at radius 3 is 1.46 bits per heavy atom. The predicted octanol–water partition coefficient (Wildman–Crippen LogP) is 1.08. The van der Waals surface area contributed by atoms with Gasteiger partial charge in [-0.05, 0) is 6.92 Å². The lowest BCUT2D eigenvalue weighted by atomic mass is 10.1. The van der Waals surface area contributed by atoms with E-state index >= 15 is 0 Å². The van der Waals surface area contributed by atoms with E-state index in [0.29, 0.717) is 0 Å². The SMILES string of the molecule is CCOCCN(CCOCCOCCO)S(=O)(=O)C(F)(F)C(F)(F)C(F)(F)C(F)(F)F.OCCO. The molecular formula is C16H28F9NO8S. The summed E-state index contributed by atoms with van der Waals surface area (Å²) in [6.07, 6.45) is -7.15. The minimum atomic E-state index is -7.34. The summed E-state index contributed by atoms with van der Waals surface area (Å²) in [7, 11) is -6.74. The number of hydrogen-bond donors (Lipinski definition) is 3. The van der Waals surface area contributed by atoms with Gasteiger partial charge in [-0.1, -0.05) is 0 Å². The van der Waals surface area contributed by atoms with Crippen molar-refractivity contribution in [1.82, 2.24) is 4.31 Å². The van der Waals surface area contributed by atoms with Gasteiger partial charge in [0.15, 0.2) is 0 Å². The molecule has 0 fully saturated rings. The molecule has 35 heavy (non-hydrogen) atoms. The monoisotopic (exact) mass is 565 g/mol. The number of ether oxygens (including phenoxy) is 3. The van der Waals surface area contributed by atoms with Gasteiger partial charge in [-0.15, -0.1) is 0 Å². The van der Waals surface area contributed by atoms with Gasteiger partial charge < -0.3 is 29.5 Å². The first kappa shape index (κ1) is 36.2. The van der Waals surface area contributed by atoms with Gasteiger partial charge in [0.1, 0.15) is 0 Å². The van der Waals surface area contributed by atoms with Crippen LogP contribution in [0.2, 0.25) is 0 Å². The molecule has 0 aliphatic carbocycles. The van der Waals surface area contributed by atoms with Crippen molar-refractivity contribution < 1.29 is 77.5 Å². The van der Waals surface area contributed by atoms with Crippen LogP contribution in [0.25, 0.3) is 0 Å². The van der Waals surface area contributed by atoms with Crippen LogP contribution >= 0.6 is 0 Å². The molecule has 0 unspecified atom stereocenters. The maximum Gasteiger partial charge on any atom is 0.460 e. The van der Waals surface area contributed by atoms with Crippen LogP contribution in [-0.2, 0) is 24.2 Å². The van der Waals surface area contributed by atoms with Crippen molar-refractivity contribution in [2.75, 3.05) is 72.6 Å². The van der Waals surface area contributed by atoms with Gasteiger partial charge >= 0.3 is 23.3 Å². The van der Waals surface area contributed by atoms with Gasteiger partial charge in [0.2, 0.25) is 0 Å². The normalized spacial score (nSPS) is 13.7. The first-order valence-electron chi connectivity index (χ1n) is 9.69.